The van der Waals surface area contributed by atoms with Gasteiger partial charge < -0.3 is 39.5 Å². The quantitative estimate of drug-likeness (QED) is 0.166. The maximum atomic E-state index is 9.65. The minimum absolute atomic E-state index is 0. The second-order valence-electron chi connectivity index (χ2n) is 6.01. The monoisotopic (exact) mass is 394 g/mol. The number of rotatable bonds is 5. The second kappa shape index (κ2) is 14.0. The molecule has 0 radical (unpaired) electrons. The average molecular weight is 395 g/mol. The molecule has 0 aromatic heterocycles. The van der Waals surface area contributed by atoms with Crippen LogP contribution in [0.1, 0.15) is 25.3 Å². The molecule has 1 aliphatic heterocycles. The molecule has 2 rings (SSSR count). The minimum atomic E-state index is -0.0469. The molecule has 27 heavy (non-hydrogen) atoms. The van der Waals surface area contributed by atoms with Crippen molar-refractivity contribution in [1.29, 1.82) is 5.41 Å². The molecule has 1 aliphatic rings. The summed E-state index contributed by atoms with van der Waals surface area (Å²) in [5.74, 6) is 0.889. The molecular weight excluding hydrogens is 365 g/mol. The van der Waals surface area contributed by atoms with E-state index in [0.29, 0.717) is 5.56 Å². The van der Waals surface area contributed by atoms with Crippen LogP contribution < -0.4 is 73.9 Å². The van der Waals surface area contributed by atoms with E-state index >= 15 is 0 Å². The summed E-state index contributed by atoms with van der Waals surface area (Å²) in [7, 11) is 0. The number of piperidine rings is 1. The van der Waals surface area contributed by atoms with Gasteiger partial charge in [-0.3, -0.25) is 0 Å². The van der Waals surface area contributed by atoms with E-state index in [1.807, 2.05) is 0 Å². The predicted octanol–water partition coefficient (Wildman–Crippen LogP) is -0.956. The molecule has 6 nitrogen and oxygen atoms in total. The van der Waals surface area contributed by atoms with Crippen molar-refractivity contribution in [3.05, 3.63) is 65.9 Å². The van der Waals surface area contributed by atoms with Crippen LogP contribution >= 0.6 is 0 Å². The third kappa shape index (κ3) is 9.09. The van der Waals surface area contributed by atoms with E-state index in [4.69, 9.17) is 29.2 Å². The zero-order valence-electron chi connectivity index (χ0n) is 16.2. The van der Waals surface area contributed by atoms with Crippen LogP contribution in [0.2, 0.25) is 0 Å². The Kier molecular flexibility index (Phi) is 13.4. The average Bonchev–Trinajstić information content (AvgIpc) is 2.66. The zero-order chi connectivity index (χ0) is 19.5. The molecule has 0 aliphatic carbocycles. The molecule has 0 bridgehead atoms. The van der Waals surface area contributed by atoms with Crippen LogP contribution in [0.3, 0.4) is 0 Å². The first-order valence-corrected chi connectivity index (χ1v) is 8.54. The van der Waals surface area contributed by atoms with Gasteiger partial charge in [0.1, 0.15) is 5.75 Å². The number of aromatic hydroxyl groups is 1. The number of hydrogen-bond acceptors (Lipinski definition) is 6. The molecule has 1 fully saturated rings. The fourth-order valence-electron chi connectivity index (χ4n) is 2.54. The van der Waals surface area contributed by atoms with Crippen LogP contribution in [0.25, 0.3) is 5.70 Å². The summed E-state index contributed by atoms with van der Waals surface area (Å²) in [5.41, 5.74) is 17.8. The topological polar surface area (TPSA) is 134 Å². The Hall–Kier alpha value is -1.09. The predicted molar refractivity (Wildman–Crippen MR) is 108 cm³/mol. The summed E-state index contributed by atoms with van der Waals surface area (Å²) in [6, 6.07) is 6.56. The van der Waals surface area contributed by atoms with E-state index in [1.54, 1.807) is 18.2 Å². The molecular formula is C20H29KN5O-. The van der Waals surface area contributed by atoms with Crippen molar-refractivity contribution in [2.75, 3.05) is 13.1 Å². The zero-order valence-corrected chi connectivity index (χ0v) is 19.3. The molecule has 9 N–H and O–H groups in total. The van der Waals surface area contributed by atoms with Crippen LogP contribution in [-0.4, -0.2) is 24.4 Å². The third-order valence-electron chi connectivity index (χ3n) is 4.15. The maximum Gasteiger partial charge on any atom is 1.00 e. The van der Waals surface area contributed by atoms with E-state index in [-0.39, 0.29) is 79.8 Å². The van der Waals surface area contributed by atoms with E-state index in [2.05, 4.69) is 18.7 Å². The van der Waals surface area contributed by atoms with Crippen molar-refractivity contribution in [1.82, 2.24) is 5.32 Å². The van der Waals surface area contributed by atoms with Crippen LogP contribution in [0, 0.1) is 24.3 Å². The smallest absolute Gasteiger partial charge is 0.507 e. The van der Waals surface area contributed by atoms with E-state index in [9.17, 15) is 5.11 Å². The first-order valence-electron chi connectivity index (χ1n) is 8.54. The normalized spacial score (nSPS) is 14.2. The van der Waals surface area contributed by atoms with Crippen molar-refractivity contribution >= 4 is 11.9 Å². The Balaban J connectivity index is 0.000000629. The molecule has 1 heterocycles. The van der Waals surface area contributed by atoms with Crippen LogP contribution in [0.4, 0.5) is 0 Å². The van der Waals surface area contributed by atoms with Crippen molar-refractivity contribution in [3.8, 4) is 5.75 Å². The number of hydrogen-bond donors (Lipinski definition) is 6. The molecule has 0 spiro atoms. The van der Waals surface area contributed by atoms with Crippen LogP contribution in [0.5, 0.6) is 5.75 Å². The van der Waals surface area contributed by atoms with Gasteiger partial charge >= 0.3 is 51.4 Å². The Morgan fingerprint density at radius 3 is 2.30 bits per heavy atom. The first-order chi connectivity index (χ1) is 12.4. The number of para-hydroxylation sites is 1. The van der Waals surface area contributed by atoms with Gasteiger partial charge in [-0.1, -0.05) is 42.8 Å². The van der Waals surface area contributed by atoms with Gasteiger partial charge in [0.15, 0.2) is 0 Å². The van der Waals surface area contributed by atoms with Gasteiger partial charge in [0.05, 0.1) is 0 Å². The largest absolute Gasteiger partial charge is 1.00 e. The molecule has 1 aromatic rings. The molecule has 1 saturated heterocycles. The minimum Gasteiger partial charge on any atom is -0.507 e. The molecule has 0 unspecified atom stereocenters. The number of phenols is 1. The Morgan fingerprint density at radius 1 is 1.26 bits per heavy atom. The molecule has 7 heteroatoms. The van der Waals surface area contributed by atoms with Crippen LogP contribution in [0.15, 0.2) is 47.3 Å². The van der Waals surface area contributed by atoms with Gasteiger partial charge in [-0.15, -0.1) is 0 Å². The number of nitrogens with one attached hydrogen (secondary N) is 2. The molecule has 1 aromatic carbocycles. The van der Waals surface area contributed by atoms with E-state index in [0.717, 1.165) is 12.1 Å². The summed E-state index contributed by atoms with van der Waals surface area (Å²) in [6.07, 6.45) is 7.35. The standard InChI is InChI=1S/C13H15N4O.C7H14N.K/c1-8(7-14)10(13(16)17)6-11(15)9-4-2-3-5-12(9)18;1-2-7-3-5-8-6-4-7;/h1-7,14,18H,15-17H2;2,7-8H,3-6H2,1H3;/q2*-1;+1/b11-6-,14-7?;;. The summed E-state index contributed by atoms with van der Waals surface area (Å²) in [6.45, 7) is 10.2. The fraction of sp³-hybridized carbons (Fsp3) is 0.300. The number of benzene rings is 1. The second-order valence-corrected chi connectivity index (χ2v) is 6.01. The summed E-state index contributed by atoms with van der Waals surface area (Å²) in [4.78, 5) is 0. The van der Waals surface area contributed by atoms with Crippen LogP contribution in [-0.2, 0) is 0 Å². The van der Waals surface area contributed by atoms with Gasteiger partial charge in [0, 0.05) is 17.1 Å². The van der Waals surface area contributed by atoms with Crippen molar-refractivity contribution in [3.63, 3.8) is 0 Å². The van der Waals surface area contributed by atoms with Gasteiger partial charge in [0.25, 0.3) is 0 Å². The fourth-order valence-corrected chi connectivity index (χ4v) is 2.54. The van der Waals surface area contributed by atoms with E-state index < -0.39 is 0 Å². The Bertz CT molecular complexity index is 675. The number of phenolic OH excluding ortho intramolecular Hbond substituents is 1. The number of allylic oxidation sites excluding steroid dienone is 3. The van der Waals surface area contributed by atoms with Gasteiger partial charge in [-0.2, -0.15) is 18.4 Å². The van der Waals surface area contributed by atoms with Crippen molar-refractivity contribution in [2.45, 2.75) is 19.8 Å². The maximum absolute atomic E-state index is 9.65. The van der Waals surface area contributed by atoms with E-state index in [1.165, 1.54) is 38.1 Å². The first kappa shape index (κ1) is 25.9. The molecule has 142 valence electrons. The summed E-state index contributed by atoms with van der Waals surface area (Å²) in [5, 5.41) is 20.0. The van der Waals surface area contributed by atoms with Crippen molar-refractivity contribution in [2.24, 2.45) is 23.1 Å². The number of nitrogens with two attached hydrogens (primary N) is 3. The molecule has 0 atom stereocenters. The third-order valence-corrected chi connectivity index (χ3v) is 4.15. The van der Waals surface area contributed by atoms with Crippen molar-refractivity contribution < 1.29 is 56.5 Å². The van der Waals surface area contributed by atoms with Gasteiger partial charge in [-0.25, -0.2) is 6.58 Å². The summed E-state index contributed by atoms with van der Waals surface area (Å²) < 4.78 is 0. The SMILES string of the molecule is C[CH-]C1CCNCC1.[CH-]=C(C=N)C(/C=C(\N)c1ccccc1O)=C(N)N.[K+]. The molecule has 0 saturated carbocycles. The summed E-state index contributed by atoms with van der Waals surface area (Å²) >= 11 is 0. The Morgan fingerprint density at radius 2 is 1.85 bits per heavy atom. The van der Waals surface area contributed by atoms with Gasteiger partial charge in [-0.05, 0) is 25.2 Å². The molecule has 0 amide bonds. The van der Waals surface area contributed by atoms with Gasteiger partial charge in [0.2, 0.25) is 0 Å². The Labute approximate surface area is 204 Å².